The summed E-state index contributed by atoms with van der Waals surface area (Å²) in [4.78, 5) is 2.63. The molecule has 0 aliphatic carbocycles. The molecule has 1 unspecified atom stereocenters. The second kappa shape index (κ2) is 8.55. The van der Waals surface area contributed by atoms with Gasteiger partial charge in [-0.3, -0.25) is 0 Å². The van der Waals surface area contributed by atoms with Gasteiger partial charge in [-0.25, -0.2) is 0 Å². The number of likely N-dealkylation sites (tertiary alicyclic amines) is 1. The molecular weight excluding hydrogens is 256 g/mol. The van der Waals surface area contributed by atoms with E-state index < -0.39 is 0 Å². The number of benzene rings is 1. The Morgan fingerprint density at radius 2 is 1.62 bits per heavy atom. The molecule has 1 heterocycles. The molecule has 1 aliphatic heterocycles. The van der Waals surface area contributed by atoms with Gasteiger partial charge in [0.2, 0.25) is 0 Å². The topological polar surface area (TPSA) is 15.3 Å². The van der Waals surface area contributed by atoms with Gasteiger partial charge in [-0.2, -0.15) is 0 Å². The van der Waals surface area contributed by atoms with E-state index >= 15 is 0 Å². The van der Waals surface area contributed by atoms with Gasteiger partial charge in [0.05, 0.1) is 0 Å². The van der Waals surface area contributed by atoms with Crippen LogP contribution in [0.5, 0.6) is 0 Å². The average Bonchev–Trinajstić information content (AvgIpc) is 2.52. The minimum absolute atomic E-state index is 0.476. The second-order valence-corrected chi connectivity index (χ2v) is 6.69. The summed E-state index contributed by atoms with van der Waals surface area (Å²) in [5.41, 5.74) is 2.88. The van der Waals surface area contributed by atoms with Gasteiger partial charge in [0.1, 0.15) is 0 Å². The van der Waals surface area contributed by atoms with Crippen LogP contribution in [0.2, 0.25) is 0 Å². The Kier molecular flexibility index (Phi) is 6.72. The summed E-state index contributed by atoms with van der Waals surface area (Å²) in [5, 5.41) is 3.74. The van der Waals surface area contributed by atoms with Crippen LogP contribution in [0.4, 0.5) is 0 Å². The van der Waals surface area contributed by atoms with E-state index in [0.717, 1.165) is 13.1 Å². The molecule has 1 atom stereocenters. The monoisotopic (exact) mass is 288 g/mol. The first kappa shape index (κ1) is 16.5. The Hall–Kier alpha value is -0.860. The predicted octanol–water partition coefficient (Wildman–Crippen LogP) is 4.34. The van der Waals surface area contributed by atoms with E-state index in [2.05, 4.69) is 55.3 Å². The molecule has 1 saturated heterocycles. The van der Waals surface area contributed by atoms with Crippen molar-refractivity contribution in [1.29, 1.82) is 0 Å². The Balaban J connectivity index is 2.02. The Bertz CT molecular complexity index is 391. The van der Waals surface area contributed by atoms with Crippen molar-refractivity contribution in [3.8, 4) is 0 Å². The van der Waals surface area contributed by atoms with Gasteiger partial charge in [0.15, 0.2) is 0 Å². The highest BCUT2D eigenvalue weighted by atomic mass is 15.2. The molecule has 0 radical (unpaired) electrons. The first-order chi connectivity index (χ1) is 10.2. The predicted molar refractivity (Wildman–Crippen MR) is 91.9 cm³/mol. The van der Waals surface area contributed by atoms with Crippen LogP contribution in [0.1, 0.15) is 69.5 Å². The maximum absolute atomic E-state index is 3.74. The number of nitrogens with zero attached hydrogens (tertiary/aromatic N) is 1. The quantitative estimate of drug-likeness (QED) is 0.803. The van der Waals surface area contributed by atoms with Crippen LogP contribution in [0, 0.1) is 0 Å². The third-order valence-electron chi connectivity index (χ3n) is 4.54. The zero-order valence-corrected chi connectivity index (χ0v) is 14.1. The molecule has 0 saturated carbocycles. The van der Waals surface area contributed by atoms with E-state index in [0.29, 0.717) is 12.0 Å². The molecule has 0 amide bonds. The lowest BCUT2D eigenvalue weighted by atomic mass is 9.98. The van der Waals surface area contributed by atoms with Crippen molar-refractivity contribution in [3.63, 3.8) is 0 Å². The van der Waals surface area contributed by atoms with Crippen LogP contribution in [-0.4, -0.2) is 31.1 Å². The van der Waals surface area contributed by atoms with Crippen LogP contribution in [-0.2, 0) is 0 Å². The van der Waals surface area contributed by atoms with Crippen LogP contribution < -0.4 is 5.32 Å². The highest BCUT2D eigenvalue weighted by Gasteiger charge is 2.17. The van der Waals surface area contributed by atoms with Crippen molar-refractivity contribution in [2.45, 2.75) is 58.4 Å². The van der Waals surface area contributed by atoms with Gasteiger partial charge in [0, 0.05) is 12.6 Å². The van der Waals surface area contributed by atoms with Crippen LogP contribution in [0.25, 0.3) is 0 Å². The molecule has 1 fully saturated rings. The second-order valence-electron chi connectivity index (χ2n) is 6.69. The molecule has 0 aromatic heterocycles. The summed E-state index contributed by atoms with van der Waals surface area (Å²) in [6, 6.07) is 9.73. The van der Waals surface area contributed by atoms with Crippen LogP contribution in [0.3, 0.4) is 0 Å². The molecule has 118 valence electrons. The van der Waals surface area contributed by atoms with E-state index in [1.807, 2.05) is 0 Å². The summed E-state index contributed by atoms with van der Waals surface area (Å²) in [7, 11) is 0. The fourth-order valence-electron chi connectivity index (χ4n) is 3.12. The minimum Gasteiger partial charge on any atom is -0.309 e. The number of hydrogen-bond donors (Lipinski definition) is 1. The zero-order valence-electron chi connectivity index (χ0n) is 14.1. The summed E-state index contributed by atoms with van der Waals surface area (Å²) >= 11 is 0. The first-order valence-corrected chi connectivity index (χ1v) is 8.76. The van der Waals surface area contributed by atoms with Crippen LogP contribution in [0.15, 0.2) is 24.3 Å². The van der Waals surface area contributed by atoms with Crippen molar-refractivity contribution >= 4 is 0 Å². The lowest BCUT2D eigenvalue weighted by molar-refractivity contribution is 0.205. The molecule has 0 spiro atoms. The van der Waals surface area contributed by atoms with Gasteiger partial charge < -0.3 is 10.2 Å². The van der Waals surface area contributed by atoms with Crippen molar-refractivity contribution in [2.24, 2.45) is 0 Å². The summed E-state index contributed by atoms with van der Waals surface area (Å²) in [6.45, 7) is 11.6. The van der Waals surface area contributed by atoms with E-state index in [-0.39, 0.29) is 0 Å². The van der Waals surface area contributed by atoms with Gasteiger partial charge in [-0.1, -0.05) is 51.5 Å². The molecule has 2 nitrogen and oxygen atoms in total. The van der Waals surface area contributed by atoms with E-state index in [1.165, 1.54) is 49.9 Å². The summed E-state index contributed by atoms with van der Waals surface area (Å²) in [5.74, 6) is 0.614. The Morgan fingerprint density at radius 1 is 1.00 bits per heavy atom. The number of rotatable bonds is 7. The lowest BCUT2D eigenvalue weighted by Gasteiger charge is -2.31. The van der Waals surface area contributed by atoms with E-state index in [1.54, 1.807) is 0 Å². The van der Waals surface area contributed by atoms with Gasteiger partial charge in [-0.15, -0.1) is 0 Å². The lowest BCUT2D eigenvalue weighted by Crippen LogP contribution is -2.38. The van der Waals surface area contributed by atoms with Crippen molar-refractivity contribution < 1.29 is 0 Å². The number of hydrogen-bond acceptors (Lipinski definition) is 2. The Morgan fingerprint density at radius 3 is 2.19 bits per heavy atom. The van der Waals surface area contributed by atoms with Crippen molar-refractivity contribution in [3.05, 3.63) is 35.4 Å². The fourth-order valence-corrected chi connectivity index (χ4v) is 3.12. The maximum Gasteiger partial charge on any atom is 0.0449 e. The normalized spacial score (nSPS) is 18.1. The Labute approximate surface area is 130 Å². The minimum atomic E-state index is 0.476. The SMILES string of the molecule is CCCNC(CN1CCCCC1)c1ccc(C(C)C)cc1. The smallest absolute Gasteiger partial charge is 0.0449 e. The van der Waals surface area contributed by atoms with Crippen LogP contribution >= 0.6 is 0 Å². The average molecular weight is 288 g/mol. The van der Waals surface area contributed by atoms with Crippen molar-refractivity contribution in [1.82, 2.24) is 10.2 Å². The molecule has 2 heteroatoms. The van der Waals surface area contributed by atoms with Gasteiger partial charge in [-0.05, 0) is 55.9 Å². The molecule has 21 heavy (non-hydrogen) atoms. The zero-order chi connectivity index (χ0) is 15.1. The fraction of sp³-hybridized carbons (Fsp3) is 0.684. The molecule has 1 aromatic rings. The number of piperidine rings is 1. The first-order valence-electron chi connectivity index (χ1n) is 8.76. The molecular formula is C19H32N2. The van der Waals surface area contributed by atoms with Gasteiger partial charge >= 0.3 is 0 Å². The van der Waals surface area contributed by atoms with E-state index in [9.17, 15) is 0 Å². The van der Waals surface area contributed by atoms with E-state index in [4.69, 9.17) is 0 Å². The summed E-state index contributed by atoms with van der Waals surface area (Å²) < 4.78 is 0. The highest BCUT2D eigenvalue weighted by Crippen LogP contribution is 2.21. The number of nitrogens with one attached hydrogen (secondary N) is 1. The third-order valence-corrected chi connectivity index (χ3v) is 4.54. The standard InChI is InChI=1S/C19H32N2/c1-4-12-20-19(15-21-13-6-5-7-14-21)18-10-8-17(9-11-18)16(2)3/h8-11,16,19-20H,4-7,12-15H2,1-3H3. The van der Waals surface area contributed by atoms with Gasteiger partial charge in [0.25, 0.3) is 0 Å². The largest absolute Gasteiger partial charge is 0.309 e. The molecule has 0 bridgehead atoms. The molecule has 2 rings (SSSR count). The molecule has 1 aromatic carbocycles. The molecule has 1 aliphatic rings. The molecule has 1 N–H and O–H groups in total. The highest BCUT2D eigenvalue weighted by molar-refractivity contribution is 5.27. The summed E-state index contributed by atoms with van der Waals surface area (Å²) in [6.07, 6.45) is 5.34. The third kappa shape index (κ3) is 5.12. The maximum atomic E-state index is 3.74. The van der Waals surface area contributed by atoms with Crippen molar-refractivity contribution in [2.75, 3.05) is 26.2 Å².